The van der Waals surface area contributed by atoms with Gasteiger partial charge in [0.2, 0.25) is 17.7 Å². The lowest BCUT2D eigenvalue weighted by molar-refractivity contribution is -0.204. The third-order valence-corrected chi connectivity index (χ3v) is 12.2. The summed E-state index contributed by atoms with van der Waals surface area (Å²) < 4.78 is 47.0. The zero-order valence-electron chi connectivity index (χ0n) is 37.7. The first kappa shape index (κ1) is 51.3. The highest BCUT2D eigenvalue weighted by molar-refractivity contribution is 7.99. The van der Waals surface area contributed by atoms with Crippen molar-refractivity contribution in [1.29, 1.82) is 0 Å². The van der Waals surface area contributed by atoms with Gasteiger partial charge < -0.3 is 24.3 Å². The number of aliphatic imine (C=N–C) groups is 1. The smallest absolute Gasteiger partial charge is 0.263 e. The summed E-state index contributed by atoms with van der Waals surface area (Å²) in [5.74, 6) is -3.31. The molecule has 4 aliphatic rings. The first-order valence-corrected chi connectivity index (χ1v) is 22.8. The van der Waals surface area contributed by atoms with Crippen LogP contribution < -0.4 is 10.6 Å². The number of piperidine rings is 1. The Bertz CT molecular complexity index is 1970. The molecule has 3 fully saturated rings. The molecule has 0 bridgehead atoms. The number of allylic oxidation sites excluding steroid dienone is 2. The highest BCUT2D eigenvalue weighted by Crippen LogP contribution is 2.64. The molecule has 346 valence electrons. The summed E-state index contributed by atoms with van der Waals surface area (Å²) in [5.41, 5.74) is 5.20. The van der Waals surface area contributed by atoms with E-state index in [1.807, 2.05) is 58.9 Å². The number of halogens is 2. The SMILES string of the molecule is C/C=C(\C(C)=NC)c1cc(C(=O)NCCOCCOCCOCCOCCSc2cccc3c2C(=O)N(C2CCC(=O)NC2=O)C3=O)ccc1C.CC.CC1CC2(C1)CC(F)(F)C2. The Morgan fingerprint density at radius 2 is 1.56 bits per heavy atom. The number of nitrogens with one attached hydrogen (secondary N) is 2. The number of ether oxygens (including phenoxy) is 4. The number of carbonyl (C=O) groups excluding carboxylic acids is 5. The van der Waals surface area contributed by atoms with E-state index in [1.54, 1.807) is 25.2 Å². The van der Waals surface area contributed by atoms with Gasteiger partial charge in [0.15, 0.2) is 0 Å². The molecule has 6 rings (SSSR count). The van der Waals surface area contributed by atoms with Crippen LogP contribution in [0.1, 0.15) is 115 Å². The average molecular weight is 899 g/mol. The fraction of sp³-hybridized carbons (Fsp3) is 0.574. The number of imide groups is 2. The van der Waals surface area contributed by atoms with Gasteiger partial charge in [0.05, 0.1) is 64.0 Å². The van der Waals surface area contributed by atoms with Crippen molar-refractivity contribution in [3.05, 3.63) is 70.3 Å². The number of nitrogens with zero attached hydrogens (tertiary/aromatic N) is 2. The Hall–Kier alpha value is -4.35. The van der Waals surface area contributed by atoms with Crippen LogP contribution in [0.3, 0.4) is 0 Å². The highest BCUT2D eigenvalue weighted by Gasteiger charge is 2.60. The molecule has 5 amide bonds. The highest BCUT2D eigenvalue weighted by atomic mass is 32.2. The van der Waals surface area contributed by atoms with E-state index in [9.17, 15) is 32.8 Å². The summed E-state index contributed by atoms with van der Waals surface area (Å²) >= 11 is 1.39. The van der Waals surface area contributed by atoms with Crippen molar-refractivity contribution in [1.82, 2.24) is 15.5 Å². The van der Waals surface area contributed by atoms with Gasteiger partial charge >= 0.3 is 0 Å². The number of rotatable bonds is 20. The summed E-state index contributed by atoms with van der Waals surface area (Å²) in [4.78, 5) is 68.6. The zero-order valence-corrected chi connectivity index (χ0v) is 38.6. The number of fused-ring (bicyclic) bond motifs is 1. The molecule has 2 aliphatic carbocycles. The second kappa shape index (κ2) is 24.6. The molecule has 2 N–H and O–H groups in total. The Kier molecular flexibility index (Phi) is 20.1. The van der Waals surface area contributed by atoms with E-state index in [2.05, 4.69) is 22.5 Å². The number of amides is 5. The average Bonchev–Trinajstić information content (AvgIpc) is 3.49. The molecule has 1 spiro atoms. The molecule has 1 atom stereocenters. The van der Waals surface area contributed by atoms with Crippen molar-refractivity contribution in [3.8, 4) is 0 Å². The molecule has 2 aromatic rings. The van der Waals surface area contributed by atoms with Crippen molar-refractivity contribution in [2.45, 2.75) is 96.9 Å². The van der Waals surface area contributed by atoms with Gasteiger partial charge in [-0.1, -0.05) is 39.0 Å². The Morgan fingerprint density at radius 1 is 0.937 bits per heavy atom. The lowest BCUT2D eigenvalue weighted by Gasteiger charge is -2.56. The molecule has 16 heteroatoms. The number of thioether (sulfide) groups is 1. The Morgan fingerprint density at radius 3 is 2.13 bits per heavy atom. The fourth-order valence-electron chi connectivity index (χ4n) is 8.40. The molecule has 63 heavy (non-hydrogen) atoms. The molecule has 0 radical (unpaired) electrons. The number of aryl methyl sites for hydroxylation is 1. The van der Waals surface area contributed by atoms with Crippen LogP contribution in [0.4, 0.5) is 8.78 Å². The largest absolute Gasteiger partial charge is 0.378 e. The molecular formula is C47H64F2N4O9S. The molecule has 2 aromatic carbocycles. The second-order valence-corrected chi connectivity index (χ2v) is 17.1. The van der Waals surface area contributed by atoms with Crippen LogP contribution in [0.25, 0.3) is 5.57 Å². The van der Waals surface area contributed by atoms with Crippen LogP contribution in [0.15, 0.2) is 52.4 Å². The predicted octanol–water partition coefficient (Wildman–Crippen LogP) is 7.34. The van der Waals surface area contributed by atoms with Gasteiger partial charge in [-0.2, -0.15) is 0 Å². The molecule has 1 unspecified atom stereocenters. The maximum Gasteiger partial charge on any atom is 0.263 e. The van der Waals surface area contributed by atoms with Gasteiger partial charge in [0, 0.05) is 54.8 Å². The van der Waals surface area contributed by atoms with Crippen molar-refractivity contribution in [2.24, 2.45) is 16.3 Å². The minimum atomic E-state index is -2.31. The van der Waals surface area contributed by atoms with E-state index in [1.165, 1.54) is 11.8 Å². The molecule has 0 aromatic heterocycles. The van der Waals surface area contributed by atoms with E-state index >= 15 is 0 Å². The van der Waals surface area contributed by atoms with Gasteiger partial charge in [0.25, 0.3) is 17.7 Å². The zero-order chi connectivity index (χ0) is 46.2. The minimum absolute atomic E-state index is 0.0730. The second-order valence-electron chi connectivity index (χ2n) is 15.9. The molecule has 13 nitrogen and oxygen atoms in total. The van der Waals surface area contributed by atoms with Gasteiger partial charge in [-0.25, -0.2) is 8.78 Å². The number of alkyl halides is 2. The van der Waals surface area contributed by atoms with Gasteiger partial charge in [0.1, 0.15) is 6.04 Å². The number of carbonyl (C=O) groups is 5. The summed E-state index contributed by atoms with van der Waals surface area (Å²) in [6, 6.07) is 9.70. The normalized spacial score (nSPS) is 19.0. The molecule has 2 saturated carbocycles. The van der Waals surface area contributed by atoms with E-state index in [0.717, 1.165) is 40.2 Å². The van der Waals surface area contributed by atoms with Crippen LogP contribution in [0.5, 0.6) is 0 Å². The van der Waals surface area contributed by atoms with Crippen LogP contribution in [0, 0.1) is 18.3 Å². The third kappa shape index (κ3) is 14.1. The van der Waals surface area contributed by atoms with Crippen molar-refractivity contribution in [3.63, 3.8) is 0 Å². The fourth-order valence-corrected chi connectivity index (χ4v) is 9.34. The monoisotopic (exact) mass is 898 g/mol. The van der Waals surface area contributed by atoms with E-state index in [0.29, 0.717) is 81.5 Å². The van der Waals surface area contributed by atoms with Crippen molar-refractivity contribution >= 4 is 52.6 Å². The van der Waals surface area contributed by atoms with Crippen LogP contribution in [-0.4, -0.2) is 124 Å². The molecule has 2 aliphatic heterocycles. The maximum absolute atomic E-state index is 13.2. The van der Waals surface area contributed by atoms with Crippen LogP contribution >= 0.6 is 11.8 Å². The van der Waals surface area contributed by atoms with Gasteiger partial charge in [-0.05, 0) is 92.3 Å². The number of hydrogen-bond donors (Lipinski definition) is 2. The van der Waals surface area contributed by atoms with Gasteiger partial charge in [-0.3, -0.25) is 39.2 Å². The summed E-state index contributed by atoms with van der Waals surface area (Å²) in [6.45, 7) is 15.6. The Balaban J connectivity index is 0.000000624. The van der Waals surface area contributed by atoms with Crippen molar-refractivity contribution < 1.29 is 51.7 Å². The Labute approximate surface area is 374 Å². The topological polar surface area (TPSA) is 162 Å². The summed E-state index contributed by atoms with van der Waals surface area (Å²) in [6.07, 6.45) is 4.62. The van der Waals surface area contributed by atoms with Gasteiger partial charge in [-0.15, -0.1) is 11.8 Å². The first-order valence-electron chi connectivity index (χ1n) is 21.8. The predicted molar refractivity (Wildman–Crippen MR) is 240 cm³/mol. The number of benzene rings is 2. The van der Waals surface area contributed by atoms with Crippen LogP contribution in [-0.2, 0) is 28.5 Å². The van der Waals surface area contributed by atoms with E-state index < -0.39 is 35.6 Å². The molecular weight excluding hydrogens is 835 g/mol. The third-order valence-electron chi connectivity index (χ3n) is 11.2. The lowest BCUT2D eigenvalue weighted by atomic mass is 9.51. The summed E-state index contributed by atoms with van der Waals surface area (Å²) in [5, 5.41) is 5.10. The van der Waals surface area contributed by atoms with E-state index in [4.69, 9.17) is 18.9 Å². The van der Waals surface area contributed by atoms with E-state index in [-0.39, 0.29) is 48.1 Å². The lowest BCUT2D eigenvalue weighted by Crippen LogP contribution is -2.54. The first-order chi connectivity index (χ1) is 30.2. The standard InChI is InChI=1S/C37H46N4O9S.C8H12F2.C2H6/c1-5-27(25(3)38-4)29-23-26(10-9-24(29)2)34(43)39-13-14-47-15-16-48-17-18-49-19-20-50-21-22-51-31-8-6-7-28-33(31)37(46)41(36(28)45)30-11-12-32(42)40-35(30)44;1-6-2-7(3-6)4-8(9,10)5-7;1-2/h5-10,23,30H,11-22H2,1-4H3,(H,39,43)(H,40,42,44);6H,2-5H2,1H3;1-2H3/b27-5+,38-25?;;. The minimum Gasteiger partial charge on any atom is -0.378 e. The quantitative estimate of drug-likeness (QED) is 0.0596. The maximum atomic E-state index is 13.2. The van der Waals surface area contributed by atoms with Crippen LogP contribution in [0.2, 0.25) is 0 Å². The molecule has 2 heterocycles. The summed E-state index contributed by atoms with van der Waals surface area (Å²) in [7, 11) is 1.75. The molecule has 1 saturated heterocycles. The van der Waals surface area contributed by atoms with Crippen molar-refractivity contribution in [2.75, 3.05) is 72.2 Å². The number of hydrogen-bond acceptors (Lipinski definition) is 11.